The lowest BCUT2D eigenvalue weighted by Gasteiger charge is -2.06. The van der Waals surface area contributed by atoms with Gasteiger partial charge in [0.15, 0.2) is 0 Å². The summed E-state index contributed by atoms with van der Waals surface area (Å²) in [5.74, 6) is 0. The van der Waals surface area contributed by atoms with Gasteiger partial charge in [-0.15, -0.1) is 0 Å². The van der Waals surface area contributed by atoms with Crippen molar-refractivity contribution in [2.75, 3.05) is 5.33 Å². The van der Waals surface area contributed by atoms with Gasteiger partial charge in [0.2, 0.25) is 0 Å². The number of hydrogen-bond donors (Lipinski definition) is 0. The zero-order chi connectivity index (χ0) is 9.14. The lowest BCUT2D eigenvalue weighted by molar-refractivity contribution is 1.15. The van der Waals surface area contributed by atoms with Gasteiger partial charge in [-0.1, -0.05) is 61.1 Å². The van der Waals surface area contributed by atoms with Crippen LogP contribution in [0.1, 0.15) is 10.4 Å². The monoisotopic (exact) mass is 330 g/mol. The van der Waals surface area contributed by atoms with Crippen LogP contribution in [0.15, 0.2) is 18.2 Å². The molecule has 0 heterocycles. The predicted octanol–water partition coefficient (Wildman–Crippen LogP) is 4.82. The smallest absolute Gasteiger partial charge is 0.0595 e. The highest BCUT2D eigenvalue weighted by Gasteiger charge is 2.06. The molecule has 4 heteroatoms. The molecule has 1 rings (SSSR count). The number of rotatable bonds is 2. The zero-order valence-electron chi connectivity index (χ0n) is 6.03. The van der Waals surface area contributed by atoms with Crippen LogP contribution in [-0.2, 0) is 0 Å². The van der Waals surface area contributed by atoms with E-state index in [2.05, 4.69) is 31.9 Å². The minimum atomic E-state index is 0.285. The van der Waals surface area contributed by atoms with Crippen molar-refractivity contribution in [3.05, 3.63) is 33.8 Å². The fraction of sp³-hybridized carbons (Fsp3) is 0.250. The zero-order valence-corrected chi connectivity index (χ0v) is 10.7. The summed E-state index contributed by atoms with van der Waals surface area (Å²) in [5.41, 5.74) is 1.13. The standard InChI is InChI=1S/C8H6Br2Cl2/c9-4-6(10)5-1-2-7(11)8(12)3-5/h1-3,6H,4H2. The summed E-state index contributed by atoms with van der Waals surface area (Å²) in [7, 11) is 0. The summed E-state index contributed by atoms with van der Waals surface area (Å²) in [6, 6.07) is 5.62. The van der Waals surface area contributed by atoms with E-state index in [0.29, 0.717) is 10.0 Å². The predicted molar refractivity (Wildman–Crippen MR) is 61.9 cm³/mol. The van der Waals surface area contributed by atoms with E-state index in [1.165, 1.54) is 0 Å². The van der Waals surface area contributed by atoms with Crippen LogP contribution in [0.4, 0.5) is 0 Å². The van der Waals surface area contributed by atoms with Crippen molar-refractivity contribution < 1.29 is 0 Å². The van der Waals surface area contributed by atoms with E-state index < -0.39 is 0 Å². The molecule has 0 aliphatic carbocycles. The molecule has 0 N–H and O–H groups in total. The van der Waals surface area contributed by atoms with Crippen molar-refractivity contribution in [2.45, 2.75) is 4.83 Å². The Labute approximate surface area is 98.5 Å². The second-order valence-electron chi connectivity index (χ2n) is 2.30. The maximum atomic E-state index is 5.85. The molecule has 0 aliphatic heterocycles. The van der Waals surface area contributed by atoms with E-state index in [1.54, 1.807) is 6.07 Å². The fourth-order valence-corrected chi connectivity index (χ4v) is 1.76. The summed E-state index contributed by atoms with van der Waals surface area (Å²) in [5, 5.41) is 2.04. The minimum absolute atomic E-state index is 0.285. The molecule has 1 atom stereocenters. The van der Waals surface area contributed by atoms with Crippen molar-refractivity contribution in [1.29, 1.82) is 0 Å². The molecule has 1 aromatic carbocycles. The quantitative estimate of drug-likeness (QED) is 0.681. The largest absolute Gasteiger partial charge is 0.0912 e. The van der Waals surface area contributed by atoms with Gasteiger partial charge in [-0.25, -0.2) is 0 Å². The number of alkyl halides is 2. The van der Waals surface area contributed by atoms with Gasteiger partial charge in [-0.2, -0.15) is 0 Å². The Morgan fingerprint density at radius 2 is 1.92 bits per heavy atom. The summed E-state index contributed by atoms with van der Waals surface area (Å²) >= 11 is 18.5. The molecule has 1 unspecified atom stereocenters. The lowest BCUT2D eigenvalue weighted by atomic mass is 10.2. The van der Waals surface area contributed by atoms with E-state index >= 15 is 0 Å². The second-order valence-corrected chi connectivity index (χ2v) is 4.86. The highest BCUT2D eigenvalue weighted by Crippen LogP contribution is 2.30. The van der Waals surface area contributed by atoms with E-state index in [1.807, 2.05) is 12.1 Å². The first kappa shape index (κ1) is 10.8. The molecule has 0 nitrogen and oxygen atoms in total. The van der Waals surface area contributed by atoms with Crippen LogP contribution in [0.25, 0.3) is 0 Å². The fourth-order valence-electron chi connectivity index (χ4n) is 0.796. The lowest BCUT2D eigenvalue weighted by Crippen LogP contribution is -1.89. The molecular weight excluding hydrogens is 327 g/mol. The van der Waals surface area contributed by atoms with Gasteiger partial charge < -0.3 is 0 Å². The van der Waals surface area contributed by atoms with Gasteiger partial charge in [0, 0.05) is 10.2 Å². The molecule has 1 aromatic rings. The summed E-state index contributed by atoms with van der Waals surface area (Å²) in [6.07, 6.45) is 0. The summed E-state index contributed by atoms with van der Waals surface area (Å²) in [4.78, 5) is 0.285. The highest BCUT2D eigenvalue weighted by molar-refractivity contribution is 9.12. The van der Waals surface area contributed by atoms with Gasteiger partial charge in [-0.05, 0) is 17.7 Å². The Kier molecular flexibility index (Phi) is 4.38. The van der Waals surface area contributed by atoms with Crippen molar-refractivity contribution >= 4 is 55.1 Å². The Balaban J connectivity index is 2.96. The van der Waals surface area contributed by atoms with Crippen LogP contribution in [0.2, 0.25) is 10.0 Å². The third kappa shape index (κ3) is 2.63. The minimum Gasteiger partial charge on any atom is -0.0912 e. The van der Waals surface area contributed by atoms with E-state index in [0.717, 1.165) is 10.9 Å². The molecule has 0 amide bonds. The molecule has 0 aliphatic rings. The first-order chi connectivity index (χ1) is 5.65. The molecule has 66 valence electrons. The Morgan fingerprint density at radius 1 is 1.25 bits per heavy atom. The molecule has 0 saturated carbocycles. The summed E-state index contributed by atoms with van der Waals surface area (Å²) in [6.45, 7) is 0. The first-order valence-electron chi connectivity index (χ1n) is 3.30. The Bertz CT molecular complexity index is 276. The topological polar surface area (TPSA) is 0 Å². The highest BCUT2D eigenvalue weighted by atomic mass is 79.9. The normalized spacial score (nSPS) is 13.0. The Morgan fingerprint density at radius 3 is 2.42 bits per heavy atom. The SMILES string of the molecule is Clc1ccc(C(Br)CBr)cc1Cl. The molecule has 0 spiro atoms. The van der Waals surface area contributed by atoms with Gasteiger partial charge in [0.05, 0.1) is 10.0 Å². The number of benzene rings is 1. The average molecular weight is 333 g/mol. The molecule has 12 heavy (non-hydrogen) atoms. The van der Waals surface area contributed by atoms with Crippen molar-refractivity contribution in [1.82, 2.24) is 0 Å². The van der Waals surface area contributed by atoms with Crippen LogP contribution >= 0.6 is 55.1 Å². The van der Waals surface area contributed by atoms with Crippen molar-refractivity contribution in [3.8, 4) is 0 Å². The third-order valence-corrected chi connectivity index (χ3v) is 4.55. The van der Waals surface area contributed by atoms with Crippen LogP contribution in [0.5, 0.6) is 0 Å². The van der Waals surface area contributed by atoms with Gasteiger partial charge in [-0.3, -0.25) is 0 Å². The van der Waals surface area contributed by atoms with Crippen LogP contribution < -0.4 is 0 Å². The third-order valence-electron chi connectivity index (χ3n) is 1.44. The number of hydrogen-bond acceptors (Lipinski definition) is 0. The molecule has 0 aromatic heterocycles. The molecule has 0 saturated heterocycles. The van der Waals surface area contributed by atoms with E-state index in [4.69, 9.17) is 23.2 Å². The maximum absolute atomic E-state index is 5.85. The first-order valence-corrected chi connectivity index (χ1v) is 6.09. The van der Waals surface area contributed by atoms with E-state index in [-0.39, 0.29) is 4.83 Å². The van der Waals surface area contributed by atoms with Crippen LogP contribution in [0.3, 0.4) is 0 Å². The summed E-state index contributed by atoms with van der Waals surface area (Å²) < 4.78 is 0. The Hall–Kier alpha value is 0.760. The molecular formula is C8H6Br2Cl2. The van der Waals surface area contributed by atoms with Crippen molar-refractivity contribution in [2.24, 2.45) is 0 Å². The van der Waals surface area contributed by atoms with E-state index in [9.17, 15) is 0 Å². The average Bonchev–Trinajstić information content (AvgIpc) is 2.08. The van der Waals surface area contributed by atoms with Gasteiger partial charge >= 0.3 is 0 Å². The molecule has 0 fully saturated rings. The molecule has 0 bridgehead atoms. The van der Waals surface area contributed by atoms with Crippen molar-refractivity contribution in [3.63, 3.8) is 0 Å². The number of halogens is 4. The molecule has 0 radical (unpaired) electrons. The maximum Gasteiger partial charge on any atom is 0.0595 e. The van der Waals surface area contributed by atoms with Gasteiger partial charge in [0.25, 0.3) is 0 Å². The van der Waals surface area contributed by atoms with Gasteiger partial charge in [0.1, 0.15) is 0 Å². The van der Waals surface area contributed by atoms with Crippen LogP contribution in [-0.4, -0.2) is 5.33 Å². The second kappa shape index (κ2) is 4.85. The van der Waals surface area contributed by atoms with Crippen LogP contribution in [0, 0.1) is 0 Å².